The molecule has 4 heteroatoms. The Hall–Kier alpha value is -2.10. The first-order valence-corrected chi connectivity index (χ1v) is 8.35. The van der Waals surface area contributed by atoms with Crippen LogP contribution >= 0.6 is 0 Å². The summed E-state index contributed by atoms with van der Waals surface area (Å²) >= 11 is 0. The Kier molecular flexibility index (Phi) is 5.59. The zero-order chi connectivity index (χ0) is 17.0. The minimum atomic E-state index is -0.0841. The molecular formula is C19H27N3O. The fourth-order valence-electron chi connectivity index (χ4n) is 3.05. The summed E-state index contributed by atoms with van der Waals surface area (Å²) in [6, 6.07) is 8.08. The molecule has 1 unspecified atom stereocenters. The Morgan fingerprint density at radius 1 is 1.26 bits per heavy atom. The second-order valence-electron chi connectivity index (χ2n) is 6.59. The van der Waals surface area contributed by atoms with Crippen molar-refractivity contribution in [2.45, 2.75) is 46.5 Å². The van der Waals surface area contributed by atoms with Crippen molar-refractivity contribution in [1.82, 2.24) is 9.78 Å². The number of nitrogens with zero attached hydrogens (tertiary/aromatic N) is 2. The highest BCUT2D eigenvalue weighted by molar-refractivity contribution is 6.05. The molecule has 1 aromatic heterocycles. The van der Waals surface area contributed by atoms with Gasteiger partial charge in [0.25, 0.3) is 5.91 Å². The molecule has 0 saturated heterocycles. The largest absolute Gasteiger partial charge is 0.322 e. The van der Waals surface area contributed by atoms with Gasteiger partial charge in [-0.2, -0.15) is 5.10 Å². The summed E-state index contributed by atoms with van der Waals surface area (Å²) < 4.78 is 1.70. The van der Waals surface area contributed by atoms with Gasteiger partial charge in [0.2, 0.25) is 0 Å². The van der Waals surface area contributed by atoms with Crippen LogP contribution in [0.5, 0.6) is 0 Å². The van der Waals surface area contributed by atoms with Gasteiger partial charge in [-0.3, -0.25) is 9.48 Å². The van der Waals surface area contributed by atoms with E-state index >= 15 is 0 Å². The molecule has 1 heterocycles. The van der Waals surface area contributed by atoms with Crippen LogP contribution in [0.2, 0.25) is 0 Å². The maximum atomic E-state index is 12.6. The predicted molar refractivity (Wildman–Crippen MR) is 94.9 cm³/mol. The van der Waals surface area contributed by atoms with E-state index in [-0.39, 0.29) is 5.91 Å². The molecule has 1 N–H and O–H groups in total. The number of nitrogens with one attached hydrogen (secondary N) is 1. The smallest absolute Gasteiger partial charge is 0.259 e. The minimum absolute atomic E-state index is 0.0841. The van der Waals surface area contributed by atoms with Crippen molar-refractivity contribution in [2.75, 3.05) is 5.32 Å². The van der Waals surface area contributed by atoms with Gasteiger partial charge in [0.15, 0.2) is 0 Å². The number of hydrogen-bond acceptors (Lipinski definition) is 2. The van der Waals surface area contributed by atoms with Gasteiger partial charge in [0.1, 0.15) is 0 Å². The van der Waals surface area contributed by atoms with E-state index in [1.807, 2.05) is 32.2 Å². The van der Waals surface area contributed by atoms with Crippen molar-refractivity contribution in [3.8, 4) is 0 Å². The van der Waals surface area contributed by atoms with Gasteiger partial charge in [0.05, 0.1) is 11.3 Å². The molecular weight excluding hydrogens is 286 g/mol. The fourth-order valence-corrected chi connectivity index (χ4v) is 3.05. The fraction of sp³-hybridized carbons (Fsp3) is 0.474. The number of anilines is 1. The Labute approximate surface area is 138 Å². The molecule has 2 aromatic rings. The molecule has 0 aliphatic rings. The summed E-state index contributed by atoms with van der Waals surface area (Å²) in [7, 11) is 1.84. The quantitative estimate of drug-likeness (QED) is 0.860. The maximum Gasteiger partial charge on any atom is 0.259 e. The van der Waals surface area contributed by atoms with E-state index < -0.39 is 0 Å². The average molecular weight is 313 g/mol. The van der Waals surface area contributed by atoms with Crippen molar-refractivity contribution >= 4 is 11.6 Å². The number of carbonyl (C=O) groups excluding carboxylic acids is 1. The van der Waals surface area contributed by atoms with Crippen molar-refractivity contribution in [3.63, 3.8) is 0 Å². The lowest BCUT2D eigenvalue weighted by Crippen LogP contribution is -2.15. The van der Waals surface area contributed by atoms with E-state index in [9.17, 15) is 4.79 Å². The third-order valence-corrected chi connectivity index (χ3v) is 4.05. The van der Waals surface area contributed by atoms with Crippen LogP contribution in [0.1, 0.15) is 61.6 Å². The summed E-state index contributed by atoms with van der Waals surface area (Å²) in [6.07, 6.45) is 3.63. The number of benzene rings is 1. The van der Waals surface area contributed by atoms with E-state index in [4.69, 9.17) is 0 Å². The zero-order valence-corrected chi connectivity index (χ0v) is 14.8. The van der Waals surface area contributed by atoms with E-state index in [0.29, 0.717) is 17.4 Å². The first-order valence-electron chi connectivity index (χ1n) is 8.35. The molecule has 0 aliphatic carbocycles. The van der Waals surface area contributed by atoms with E-state index in [1.54, 1.807) is 10.9 Å². The molecule has 1 amide bonds. The molecule has 0 bridgehead atoms. The second kappa shape index (κ2) is 7.44. The Bertz CT molecular complexity index is 673. The van der Waals surface area contributed by atoms with Gasteiger partial charge in [-0.1, -0.05) is 45.9 Å². The summed E-state index contributed by atoms with van der Waals surface area (Å²) in [5.74, 6) is 0.948. The highest BCUT2D eigenvalue weighted by Gasteiger charge is 2.17. The van der Waals surface area contributed by atoms with Crippen LogP contribution in [0.4, 0.5) is 5.69 Å². The van der Waals surface area contributed by atoms with E-state index in [0.717, 1.165) is 24.2 Å². The first-order chi connectivity index (χ1) is 10.9. The normalized spacial score (nSPS) is 12.4. The van der Waals surface area contributed by atoms with Crippen LogP contribution in [0.3, 0.4) is 0 Å². The van der Waals surface area contributed by atoms with Crippen molar-refractivity contribution < 1.29 is 4.79 Å². The third kappa shape index (κ3) is 4.21. The van der Waals surface area contributed by atoms with Gasteiger partial charge in [0, 0.05) is 18.9 Å². The Balaban J connectivity index is 2.24. The Morgan fingerprint density at radius 3 is 2.61 bits per heavy atom. The third-order valence-electron chi connectivity index (χ3n) is 4.05. The molecule has 0 radical (unpaired) electrons. The van der Waals surface area contributed by atoms with Gasteiger partial charge >= 0.3 is 0 Å². The van der Waals surface area contributed by atoms with Crippen LogP contribution in [0, 0.1) is 5.92 Å². The predicted octanol–water partition coefficient (Wildman–Crippen LogP) is 4.38. The lowest BCUT2D eigenvalue weighted by Gasteiger charge is -2.18. The highest BCUT2D eigenvalue weighted by atomic mass is 16.1. The second-order valence-corrected chi connectivity index (χ2v) is 6.59. The van der Waals surface area contributed by atoms with E-state index in [1.165, 1.54) is 5.56 Å². The topological polar surface area (TPSA) is 46.9 Å². The van der Waals surface area contributed by atoms with Crippen LogP contribution in [0.25, 0.3) is 0 Å². The summed E-state index contributed by atoms with van der Waals surface area (Å²) in [5, 5.41) is 7.42. The van der Waals surface area contributed by atoms with Crippen molar-refractivity contribution in [2.24, 2.45) is 13.0 Å². The van der Waals surface area contributed by atoms with Crippen LogP contribution < -0.4 is 5.32 Å². The van der Waals surface area contributed by atoms with Gasteiger partial charge < -0.3 is 5.32 Å². The lowest BCUT2D eigenvalue weighted by atomic mass is 9.91. The average Bonchev–Trinajstić information content (AvgIpc) is 2.88. The SMILES string of the molecule is CCc1nn(C)cc1C(=O)Nc1ccccc1C(C)CC(C)C. The molecule has 0 spiro atoms. The first kappa shape index (κ1) is 17.3. The molecule has 0 saturated carbocycles. The molecule has 124 valence electrons. The van der Waals surface area contributed by atoms with Crippen molar-refractivity contribution in [1.29, 1.82) is 0 Å². The number of para-hydroxylation sites is 1. The molecule has 0 fully saturated rings. The van der Waals surface area contributed by atoms with Gasteiger partial charge in [-0.05, 0) is 36.3 Å². The minimum Gasteiger partial charge on any atom is -0.322 e. The number of aromatic nitrogens is 2. The molecule has 2 rings (SSSR count). The summed E-state index contributed by atoms with van der Waals surface area (Å²) in [6.45, 7) is 8.67. The summed E-state index contributed by atoms with van der Waals surface area (Å²) in [5.41, 5.74) is 3.58. The number of rotatable bonds is 6. The standard InChI is InChI=1S/C19H27N3O/c1-6-17-16(12-22(5)21-17)19(23)20-18-10-8-7-9-15(18)14(4)11-13(2)3/h7-10,12-14H,6,11H2,1-5H3,(H,20,23). The van der Waals surface area contributed by atoms with E-state index in [2.05, 4.69) is 37.3 Å². The number of aryl methyl sites for hydroxylation is 2. The molecule has 1 aromatic carbocycles. The molecule has 4 nitrogen and oxygen atoms in total. The molecule has 1 atom stereocenters. The maximum absolute atomic E-state index is 12.6. The molecule has 23 heavy (non-hydrogen) atoms. The van der Waals surface area contributed by atoms with Gasteiger partial charge in [-0.25, -0.2) is 0 Å². The number of hydrogen-bond donors (Lipinski definition) is 1. The van der Waals surface area contributed by atoms with Crippen molar-refractivity contribution in [3.05, 3.63) is 47.3 Å². The lowest BCUT2D eigenvalue weighted by molar-refractivity contribution is 0.102. The highest BCUT2D eigenvalue weighted by Crippen LogP contribution is 2.29. The van der Waals surface area contributed by atoms with Crippen LogP contribution in [-0.2, 0) is 13.5 Å². The molecule has 0 aliphatic heterocycles. The zero-order valence-electron chi connectivity index (χ0n) is 14.8. The Morgan fingerprint density at radius 2 is 1.96 bits per heavy atom. The van der Waals surface area contributed by atoms with Crippen LogP contribution in [0.15, 0.2) is 30.5 Å². The monoisotopic (exact) mass is 313 g/mol. The van der Waals surface area contributed by atoms with Crippen LogP contribution in [-0.4, -0.2) is 15.7 Å². The van der Waals surface area contributed by atoms with Gasteiger partial charge in [-0.15, -0.1) is 0 Å². The summed E-state index contributed by atoms with van der Waals surface area (Å²) in [4.78, 5) is 12.6. The number of amides is 1. The number of carbonyl (C=O) groups is 1.